The van der Waals surface area contributed by atoms with E-state index in [1.807, 2.05) is 31.2 Å². The van der Waals surface area contributed by atoms with Gasteiger partial charge in [0.15, 0.2) is 0 Å². The van der Waals surface area contributed by atoms with Crippen LogP contribution in [-0.4, -0.2) is 30.6 Å². The van der Waals surface area contributed by atoms with Gasteiger partial charge in [-0.3, -0.25) is 9.59 Å². The molecule has 6 nitrogen and oxygen atoms in total. The number of unbranched alkanes of at least 4 members (excludes halogenated alkanes) is 1. The van der Waals surface area contributed by atoms with Crippen LogP contribution in [0.15, 0.2) is 48.5 Å². The standard InChI is InChI=1S/C34H42O6/c1-4-38-31(36)13-9-8-12-24-20-25-21-26(40-33(37)23-10-6-5-7-11-23)14-15-27(25)28-18-19-34(3)29(32(24)28)16-17-30(34)39-22(2)35/h5-7,10-11,14-15,21,24,28-30,32H,4,8-9,12-13,16-20H2,1-3H3/t24-,28?,29?,30+,32?,34+/m1/s1. The Hall–Kier alpha value is -3.15. The highest BCUT2D eigenvalue weighted by molar-refractivity contribution is 5.91. The van der Waals surface area contributed by atoms with Crippen LogP contribution in [0.3, 0.4) is 0 Å². The van der Waals surface area contributed by atoms with Crippen LogP contribution in [0.25, 0.3) is 0 Å². The van der Waals surface area contributed by atoms with Gasteiger partial charge in [0, 0.05) is 18.8 Å². The third-order valence-corrected chi connectivity index (χ3v) is 9.83. The first-order valence-corrected chi connectivity index (χ1v) is 15.0. The van der Waals surface area contributed by atoms with E-state index in [0.29, 0.717) is 48.0 Å². The fourth-order valence-electron chi connectivity index (χ4n) is 8.11. The summed E-state index contributed by atoms with van der Waals surface area (Å²) in [6.45, 7) is 6.12. The van der Waals surface area contributed by atoms with E-state index in [-0.39, 0.29) is 29.4 Å². The molecule has 2 aromatic rings. The van der Waals surface area contributed by atoms with Crippen LogP contribution in [-0.2, 0) is 25.5 Å². The van der Waals surface area contributed by atoms with E-state index in [1.165, 1.54) is 18.1 Å². The van der Waals surface area contributed by atoms with Crippen LogP contribution in [0.4, 0.5) is 0 Å². The number of fused-ring (bicyclic) bond motifs is 5. The normalized spacial score (nSPS) is 28.5. The Morgan fingerprint density at radius 2 is 1.80 bits per heavy atom. The molecule has 0 aromatic heterocycles. The molecule has 3 unspecified atom stereocenters. The molecule has 2 aromatic carbocycles. The number of hydrogen-bond acceptors (Lipinski definition) is 6. The van der Waals surface area contributed by atoms with Gasteiger partial charge in [-0.1, -0.05) is 37.6 Å². The first-order valence-electron chi connectivity index (χ1n) is 15.0. The summed E-state index contributed by atoms with van der Waals surface area (Å²) < 4.78 is 16.8. The number of carbonyl (C=O) groups excluding carboxylic acids is 3. The molecule has 0 bridgehead atoms. The first kappa shape index (κ1) is 28.4. The van der Waals surface area contributed by atoms with Gasteiger partial charge in [0.25, 0.3) is 0 Å². The summed E-state index contributed by atoms with van der Waals surface area (Å²) in [6, 6.07) is 15.3. The molecule has 6 heteroatoms. The quantitative estimate of drug-likeness (QED) is 0.191. The minimum absolute atomic E-state index is 0.00131. The summed E-state index contributed by atoms with van der Waals surface area (Å²) >= 11 is 0. The summed E-state index contributed by atoms with van der Waals surface area (Å²) in [5.74, 6) is 1.83. The second-order valence-corrected chi connectivity index (χ2v) is 12.1. The van der Waals surface area contributed by atoms with Crippen molar-refractivity contribution in [1.82, 2.24) is 0 Å². The summed E-state index contributed by atoms with van der Waals surface area (Å²) in [5, 5.41) is 0. The molecule has 214 valence electrons. The molecule has 5 rings (SSSR count). The summed E-state index contributed by atoms with van der Waals surface area (Å²) in [4.78, 5) is 36.6. The van der Waals surface area contributed by atoms with Crippen molar-refractivity contribution in [2.24, 2.45) is 23.2 Å². The molecule has 40 heavy (non-hydrogen) atoms. The zero-order valence-corrected chi connectivity index (χ0v) is 24.0. The molecule has 2 fully saturated rings. The molecular weight excluding hydrogens is 504 g/mol. The molecule has 0 aliphatic heterocycles. The highest BCUT2D eigenvalue weighted by atomic mass is 16.5. The molecule has 2 saturated carbocycles. The van der Waals surface area contributed by atoms with Crippen molar-refractivity contribution in [2.45, 2.75) is 90.6 Å². The third kappa shape index (κ3) is 5.82. The maximum atomic E-state index is 12.7. The van der Waals surface area contributed by atoms with Gasteiger partial charge in [0.2, 0.25) is 0 Å². The van der Waals surface area contributed by atoms with Gasteiger partial charge in [-0.25, -0.2) is 4.79 Å². The molecule has 6 atom stereocenters. The number of hydrogen-bond donors (Lipinski definition) is 0. The lowest BCUT2D eigenvalue weighted by molar-refractivity contribution is -0.155. The van der Waals surface area contributed by atoms with Crippen LogP contribution in [0.5, 0.6) is 5.75 Å². The van der Waals surface area contributed by atoms with Gasteiger partial charge >= 0.3 is 17.9 Å². The van der Waals surface area contributed by atoms with E-state index in [4.69, 9.17) is 14.2 Å². The van der Waals surface area contributed by atoms with E-state index in [0.717, 1.165) is 51.4 Å². The number of esters is 3. The van der Waals surface area contributed by atoms with Gasteiger partial charge < -0.3 is 14.2 Å². The molecule has 3 aliphatic rings. The van der Waals surface area contributed by atoms with Gasteiger partial charge in [-0.15, -0.1) is 0 Å². The van der Waals surface area contributed by atoms with Crippen molar-refractivity contribution in [3.05, 3.63) is 65.2 Å². The van der Waals surface area contributed by atoms with E-state index >= 15 is 0 Å². The second-order valence-electron chi connectivity index (χ2n) is 12.1. The Labute approximate surface area is 237 Å². The Morgan fingerprint density at radius 3 is 2.55 bits per heavy atom. The highest BCUT2D eigenvalue weighted by Crippen LogP contribution is 2.63. The van der Waals surface area contributed by atoms with Crippen LogP contribution in [0.2, 0.25) is 0 Å². The van der Waals surface area contributed by atoms with Crippen molar-refractivity contribution in [1.29, 1.82) is 0 Å². The van der Waals surface area contributed by atoms with E-state index < -0.39 is 0 Å². The van der Waals surface area contributed by atoms with Crippen molar-refractivity contribution >= 4 is 17.9 Å². The number of rotatable bonds is 9. The highest BCUT2D eigenvalue weighted by Gasteiger charge is 2.58. The SMILES string of the molecule is CCOC(=O)CCCC[C@@H]1Cc2cc(OC(=O)c3ccccc3)ccc2C2CC[C@@]3(C)C(CC[C@@H]3OC(C)=O)C21. The zero-order chi connectivity index (χ0) is 28.3. The molecule has 3 aliphatic carbocycles. The Kier molecular flexibility index (Phi) is 8.62. The minimum atomic E-state index is -0.347. The van der Waals surface area contributed by atoms with Gasteiger partial charge in [-0.2, -0.15) is 0 Å². The van der Waals surface area contributed by atoms with Gasteiger partial charge in [0.05, 0.1) is 12.2 Å². The number of ether oxygens (including phenoxy) is 3. The minimum Gasteiger partial charge on any atom is -0.466 e. The molecular formula is C34H42O6. The second kappa shape index (κ2) is 12.2. The van der Waals surface area contributed by atoms with Crippen LogP contribution in [0.1, 0.15) is 99.5 Å². The van der Waals surface area contributed by atoms with E-state index in [9.17, 15) is 14.4 Å². The smallest absolute Gasteiger partial charge is 0.343 e. The molecule has 0 radical (unpaired) electrons. The van der Waals surface area contributed by atoms with Gasteiger partial charge in [-0.05, 0) is 111 Å². The summed E-state index contributed by atoms with van der Waals surface area (Å²) in [6.07, 6.45) is 8.32. The summed E-state index contributed by atoms with van der Waals surface area (Å²) in [5.41, 5.74) is 3.19. The van der Waals surface area contributed by atoms with Crippen LogP contribution in [0, 0.1) is 23.2 Å². The summed E-state index contributed by atoms with van der Waals surface area (Å²) in [7, 11) is 0. The molecule has 0 heterocycles. The largest absolute Gasteiger partial charge is 0.466 e. The molecule has 0 amide bonds. The fourth-order valence-corrected chi connectivity index (χ4v) is 8.11. The molecule has 0 saturated heterocycles. The molecule has 0 N–H and O–H groups in total. The average Bonchev–Trinajstić information content (AvgIpc) is 3.26. The van der Waals surface area contributed by atoms with Crippen LogP contribution >= 0.6 is 0 Å². The molecule has 0 spiro atoms. The Morgan fingerprint density at radius 1 is 1.00 bits per heavy atom. The first-order chi connectivity index (χ1) is 19.3. The average molecular weight is 547 g/mol. The van der Waals surface area contributed by atoms with Gasteiger partial charge in [0.1, 0.15) is 11.9 Å². The predicted molar refractivity (Wildman–Crippen MR) is 152 cm³/mol. The fraction of sp³-hybridized carbons (Fsp3) is 0.559. The maximum Gasteiger partial charge on any atom is 0.343 e. The third-order valence-electron chi connectivity index (χ3n) is 9.83. The Bertz CT molecular complexity index is 1220. The van der Waals surface area contributed by atoms with E-state index in [1.54, 1.807) is 12.1 Å². The number of benzene rings is 2. The lowest BCUT2D eigenvalue weighted by Gasteiger charge is -2.53. The number of carbonyl (C=O) groups is 3. The lowest BCUT2D eigenvalue weighted by atomic mass is 9.52. The topological polar surface area (TPSA) is 78.9 Å². The Balaban J connectivity index is 1.38. The maximum absolute atomic E-state index is 12.7. The van der Waals surface area contributed by atoms with E-state index in [2.05, 4.69) is 19.1 Å². The zero-order valence-electron chi connectivity index (χ0n) is 24.0. The van der Waals surface area contributed by atoms with Crippen molar-refractivity contribution in [3.63, 3.8) is 0 Å². The van der Waals surface area contributed by atoms with Crippen molar-refractivity contribution in [2.75, 3.05) is 6.61 Å². The van der Waals surface area contributed by atoms with Crippen molar-refractivity contribution < 1.29 is 28.6 Å². The van der Waals surface area contributed by atoms with Crippen LogP contribution < -0.4 is 4.74 Å². The lowest BCUT2D eigenvalue weighted by Crippen LogP contribution is -2.48. The monoisotopic (exact) mass is 546 g/mol. The predicted octanol–water partition coefficient (Wildman–Crippen LogP) is 7.04. The van der Waals surface area contributed by atoms with Crippen molar-refractivity contribution in [3.8, 4) is 5.75 Å².